The molecule has 0 saturated heterocycles. The summed E-state index contributed by atoms with van der Waals surface area (Å²) in [6.07, 6.45) is -11.8. The van der Waals surface area contributed by atoms with Gasteiger partial charge in [0.25, 0.3) is 5.60 Å². The van der Waals surface area contributed by atoms with E-state index in [0.717, 1.165) is 12.1 Å². The van der Waals surface area contributed by atoms with Crippen LogP contribution in [0.3, 0.4) is 0 Å². The Balaban J connectivity index is 2.50. The van der Waals surface area contributed by atoms with E-state index in [9.17, 15) is 36.2 Å². The monoisotopic (exact) mass is 396 g/mol. The molecule has 0 spiro atoms. The molecule has 0 atom stereocenters. The Bertz CT molecular complexity index is 810. The smallest absolute Gasteiger partial charge is 0.369 e. The van der Waals surface area contributed by atoms with Crippen molar-refractivity contribution in [3.8, 4) is 11.1 Å². The van der Waals surface area contributed by atoms with Crippen LogP contribution in [0.1, 0.15) is 24.7 Å². The van der Waals surface area contributed by atoms with Crippen molar-refractivity contribution in [3.63, 3.8) is 0 Å². The molecule has 0 aliphatic rings. The second-order valence-electron chi connectivity index (χ2n) is 5.65. The summed E-state index contributed by atoms with van der Waals surface area (Å²) in [6, 6.07) is 2.90. The van der Waals surface area contributed by atoms with E-state index in [1.54, 1.807) is 6.92 Å². The molecule has 0 unspecified atom stereocenters. The van der Waals surface area contributed by atoms with Gasteiger partial charge >= 0.3 is 12.4 Å². The number of aryl methyl sites for hydroxylation is 1. The summed E-state index contributed by atoms with van der Waals surface area (Å²) in [5.41, 5.74) is -6.05. The number of hydrogen-bond acceptors (Lipinski definition) is 4. The second-order valence-corrected chi connectivity index (χ2v) is 5.65. The lowest BCUT2D eigenvalue weighted by atomic mass is 9.90. The van der Waals surface area contributed by atoms with Crippen molar-refractivity contribution in [1.29, 1.82) is 0 Å². The van der Waals surface area contributed by atoms with E-state index < -0.39 is 29.4 Å². The Hall–Kier alpha value is -2.56. The van der Waals surface area contributed by atoms with E-state index in [1.807, 2.05) is 0 Å². The highest BCUT2D eigenvalue weighted by atomic mass is 19.4. The highest BCUT2D eigenvalue weighted by Gasteiger charge is 2.71. The Kier molecular flexibility index (Phi) is 5.28. The van der Waals surface area contributed by atoms with Gasteiger partial charge in [0.05, 0.1) is 5.56 Å². The van der Waals surface area contributed by atoms with Crippen LogP contribution in [0.4, 0.5) is 32.2 Å². The maximum Gasteiger partial charge on any atom is 0.430 e. The summed E-state index contributed by atoms with van der Waals surface area (Å²) in [6.45, 7) is 3.03. The number of nitrogens with zero attached hydrogens (tertiary/aromatic N) is 1. The first kappa shape index (κ1) is 20.7. The summed E-state index contributed by atoms with van der Waals surface area (Å²) in [5.74, 6) is -0.241. The number of alkyl halides is 6. The van der Waals surface area contributed by atoms with Gasteiger partial charge < -0.3 is 14.9 Å². The number of halogens is 6. The molecule has 2 rings (SSSR count). The number of amides is 1. The number of anilines is 1. The lowest BCUT2D eigenvalue weighted by molar-refractivity contribution is -0.376. The van der Waals surface area contributed by atoms with E-state index in [-0.39, 0.29) is 29.1 Å². The zero-order valence-electron chi connectivity index (χ0n) is 14.0. The van der Waals surface area contributed by atoms with Crippen LogP contribution in [0.15, 0.2) is 28.8 Å². The minimum atomic E-state index is -5.97. The summed E-state index contributed by atoms with van der Waals surface area (Å²) >= 11 is 0. The second kappa shape index (κ2) is 6.87. The van der Waals surface area contributed by atoms with Crippen molar-refractivity contribution >= 4 is 11.7 Å². The van der Waals surface area contributed by atoms with Gasteiger partial charge in [-0.15, -0.1) is 0 Å². The molecule has 1 heterocycles. The molecular formula is C16H14F6N2O3. The number of aromatic nitrogens is 1. The molecule has 5 nitrogen and oxygen atoms in total. The predicted octanol–water partition coefficient (Wildman–Crippen LogP) is 4.31. The maximum atomic E-state index is 12.9. The zero-order chi connectivity index (χ0) is 20.6. The van der Waals surface area contributed by atoms with Gasteiger partial charge in [0, 0.05) is 12.0 Å². The Morgan fingerprint density at radius 1 is 1.11 bits per heavy atom. The summed E-state index contributed by atoms with van der Waals surface area (Å²) in [4.78, 5) is 11.5. The van der Waals surface area contributed by atoms with Crippen LogP contribution in [-0.4, -0.2) is 28.5 Å². The molecule has 1 aromatic carbocycles. The molecule has 2 N–H and O–H groups in total. The van der Waals surface area contributed by atoms with Gasteiger partial charge in [-0.25, -0.2) is 0 Å². The van der Waals surface area contributed by atoms with E-state index in [4.69, 9.17) is 4.52 Å². The molecule has 0 aliphatic heterocycles. The van der Waals surface area contributed by atoms with E-state index >= 15 is 0 Å². The SMILES string of the molecule is CCC(=O)Nc1noc(C)c1-c1ccc(C(O)(C(F)(F)F)C(F)(F)F)cc1. The number of hydrogen-bond donors (Lipinski definition) is 2. The molecule has 0 saturated carbocycles. The van der Waals surface area contributed by atoms with Crippen molar-refractivity contribution < 1.29 is 40.8 Å². The third kappa shape index (κ3) is 3.64. The molecule has 2 aromatic rings. The molecule has 27 heavy (non-hydrogen) atoms. The quantitative estimate of drug-likeness (QED) is 0.756. The van der Waals surface area contributed by atoms with E-state index in [0.29, 0.717) is 12.1 Å². The average molecular weight is 396 g/mol. The number of rotatable bonds is 4. The molecule has 0 aliphatic carbocycles. The normalized spacial score (nSPS) is 12.9. The average Bonchev–Trinajstić information content (AvgIpc) is 2.92. The summed E-state index contributed by atoms with van der Waals surface area (Å²) in [7, 11) is 0. The molecule has 0 radical (unpaired) electrons. The lowest BCUT2D eigenvalue weighted by Crippen LogP contribution is -2.53. The number of aliphatic hydroxyl groups is 1. The fraction of sp³-hybridized carbons (Fsp3) is 0.375. The third-order valence-corrected chi connectivity index (χ3v) is 3.85. The first-order valence-corrected chi connectivity index (χ1v) is 7.55. The maximum absolute atomic E-state index is 12.9. The largest absolute Gasteiger partial charge is 0.430 e. The van der Waals surface area contributed by atoms with Gasteiger partial charge in [0.15, 0.2) is 5.82 Å². The van der Waals surface area contributed by atoms with Gasteiger partial charge in [0.2, 0.25) is 5.91 Å². The number of benzene rings is 1. The van der Waals surface area contributed by atoms with Gasteiger partial charge in [-0.05, 0) is 12.5 Å². The van der Waals surface area contributed by atoms with Crippen LogP contribution >= 0.6 is 0 Å². The van der Waals surface area contributed by atoms with Gasteiger partial charge in [-0.2, -0.15) is 26.3 Å². The van der Waals surface area contributed by atoms with Crippen molar-refractivity contribution in [2.45, 2.75) is 38.2 Å². The standard InChI is InChI=1S/C16H14F6N2O3/c1-3-11(25)23-13-12(8(2)27-24-13)9-4-6-10(7-5-9)14(26,15(17,18)19)16(20,21)22/h4-7,26H,3H2,1-2H3,(H,23,24,25). The fourth-order valence-corrected chi connectivity index (χ4v) is 2.38. The Morgan fingerprint density at radius 2 is 1.63 bits per heavy atom. The predicted molar refractivity (Wildman–Crippen MR) is 81.6 cm³/mol. The van der Waals surface area contributed by atoms with E-state index in [2.05, 4.69) is 10.5 Å². The topological polar surface area (TPSA) is 75.4 Å². The highest BCUT2D eigenvalue weighted by molar-refractivity contribution is 5.94. The van der Waals surface area contributed by atoms with Gasteiger partial charge in [0.1, 0.15) is 5.76 Å². The first-order chi connectivity index (χ1) is 12.3. The third-order valence-electron chi connectivity index (χ3n) is 3.85. The minimum absolute atomic E-state index is 0.0194. The fourth-order valence-electron chi connectivity index (χ4n) is 2.38. The van der Waals surface area contributed by atoms with Crippen LogP contribution in [0.25, 0.3) is 11.1 Å². The molecule has 0 fully saturated rings. The molecule has 1 amide bonds. The summed E-state index contributed by atoms with van der Waals surface area (Å²) < 4.78 is 82.5. The molecule has 148 valence electrons. The number of carbonyl (C=O) groups excluding carboxylic acids is 1. The lowest BCUT2D eigenvalue weighted by Gasteiger charge is -2.32. The van der Waals surface area contributed by atoms with Crippen molar-refractivity contribution in [2.24, 2.45) is 0 Å². The molecule has 1 aromatic heterocycles. The number of nitrogens with one attached hydrogen (secondary N) is 1. The summed E-state index contributed by atoms with van der Waals surface area (Å²) in [5, 5.41) is 15.4. The number of carbonyl (C=O) groups is 1. The van der Waals surface area contributed by atoms with Crippen molar-refractivity contribution in [2.75, 3.05) is 5.32 Å². The van der Waals surface area contributed by atoms with Crippen LogP contribution < -0.4 is 5.32 Å². The van der Waals surface area contributed by atoms with Crippen LogP contribution in [0.5, 0.6) is 0 Å². The first-order valence-electron chi connectivity index (χ1n) is 7.55. The highest BCUT2D eigenvalue weighted by Crippen LogP contribution is 2.50. The molecule has 11 heteroatoms. The van der Waals surface area contributed by atoms with Gasteiger partial charge in [-0.3, -0.25) is 4.79 Å². The minimum Gasteiger partial charge on any atom is -0.369 e. The van der Waals surface area contributed by atoms with Crippen LogP contribution in [0.2, 0.25) is 0 Å². The molecular weight excluding hydrogens is 382 g/mol. The van der Waals surface area contributed by atoms with Crippen LogP contribution in [0, 0.1) is 6.92 Å². The van der Waals surface area contributed by atoms with Crippen molar-refractivity contribution in [3.05, 3.63) is 35.6 Å². The van der Waals surface area contributed by atoms with Crippen LogP contribution in [-0.2, 0) is 10.4 Å². The van der Waals surface area contributed by atoms with Gasteiger partial charge in [-0.1, -0.05) is 36.3 Å². The van der Waals surface area contributed by atoms with Crippen molar-refractivity contribution in [1.82, 2.24) is 5.16 Å². The van der Waals surface area contributed by atoms with E-state index in [1.165, 1.54) is 6.92 Å². The Morgan fingerprint density at radius 3 is 2.07 bits per heavy atom. The zero-order valence-corrected chi connectivity index (χ0v) is 14.0. The molecule has 0 bridgehead atoms. The Labute approximate surface area is 149 Å².